The third-order valence-electron chi connectivity index (χ3n) is 2.87. The van der Waals surface area contributed by atoms with Crippen LogP contribution in [-0.2, 0) is 6.54 Å². The molecule has 0 spiro atoms. The maximum atomic E-state index is 13.3. The Bertz CT molecular complexity index is 585. The number of hydrogen-bond acceptors (Lipinski definition) is 3. The highest BCUT2D eigenvalue weighted by Crippen LogP contribution is 2.31. The fourth-order valence-corrected chi connectivity index (χ4v) is 2.48. The Morgan fingerprint density at radius 1 is 1.53 bits per heavy atom. The zero-order chi connectivity index (χ0) is 14.0. The van der Waals surface area contributed by atoms with E-state index >= 15 is 0 Å². The van der Waals surface area contributed by atoms with Gasteiger partial charge in [-0.25, -0.2) is 4.39 Å². The van der Waals surface area contributed by atoms with Crippen molar-refractivity contribution in [3.8, 4) is 0 Å². The number of aliphatic hydroxyl groups is 1. The van der Waals surface area contributed by atoms with Crippen molar-refractivity contribution in [1.29, 1.82) is 0 Å². The van der Waals surface area contributed by atoms with Crippen LogP contribution >= 0.6 is 15.9 Å². The molecule has 1 unspecified atom stereocenters. The van der Waals surface area contributed by atoms with Crippen LogP contribution in [0.15, 0.2) is 28.9 Å². The number of nitrogens with zero attached hydrogens (tertiary/aromatic N) is 2. The summed E-state index contributed by atoms with van der Waals surface area (Å²) in [5.74, 6) is -0.430. The Labute approximate surface area is 119 Å². The van der Waals surface area contributed by atoms with Crippen molar-refractivity contribution in [1.82, 2.24) is 9.78 Å². The number of halogens is 2. The fourth-order valence-electron chi connectivity index (χ4n) is 1.96. The number of aliphatic hydroxyl groups excluding tert-OH is 1. The predicted molar refractivity (Wildman–Crippen MR) is 75.1 cm³/mol. The highest BCUT2D eigenvalue weighted by atomic mass is 79.9. The maximum Gasteiger partial charge on any atom is 0.124 e. The van der Waals surface area contributed by atoms with Crippen LogP contribution in [0.5, 0.6) is 0 Å². The summed E-state index contributed by atoms with van der Waals surface area (Å²) in [6.45, 7) is 2.69. The Hall–Kier alpha value is -1.40. The third-order valence-corrected chi connectivity index (χ3v) is 3.48. The van der Waals surface area contributed by atoms with E-state index < -0.39 is 11.9 Å². The van der Waals surface area contributed by atoms with Crippen LogP contribution in [0.2, 0.25) is 0 Å². The van der Waals surface area contributed by atoms with E-state index in [0.29, 0.717) is 28.0 Å². The highest BCUT2D eigenvalue weighted by molar-refractivity contribution is 9.10. The number of nitrogens with two attached hydrogens (primary N) is 1. The van der Waals surface area contributed by atoms with Crippen LogP contribution in [0.3, 0.4) is 0 Å². The summed E-state index contributed by atoms with van der Waals surface area (Å²) in [6.07, 6.45) is 1.48. The second kappa shape index (κ2) is 5.71. The maximum absolute atomic E-state index is 13.3. The van der Waals surface area contributed by atoms with E-state index in [-0.39, 0.29) is 0 Å². The van der Waals surface area contributed by atoms with Gasteiger partial charge in [-0.1, -0.05) is 6.92 Å². The number of aryl methyl sites for hydroxylation is 1. The molecule has 19 heavy (non-hydrogen) atoms. The van der Waals surface area contributed by atoms with Crippen molar-refractivity contribution in [3.05, 3.63) is 45.9 Å². The molecule has 2 aromatic rings. The average Bonchev–Trinajstić information content (AvgIpc) is 2.73. The first-order valence-electron chi connectivity index (χ1n) is 5.98. The molecule has 0 saturated heterocycles. The first-order valence-corrected chi connectivity index (χ1v) is 6.78. The lowest BCUT2D eigenvalue weighted by molar-refractivity contribution is 0.207. The van der Waals surface area contributed by atoms with E-state index in [9.17, 15) is 9.50 Å². The van der Waals surface area contributed by atoms with Gasteiger partial charge in [0.25, 0.3) is 0 Å². The minimum atomic E-state index is -1.01. The van der Waals surface area contributed by atoms with Gasteiger partial charge < -0.3 is 10.8 Å². The Morgan fingerprint density at radius 2 is 2.26 bits per heavy atom. The van der Waals surface area contributed by atoms with Crippen LogP contribution in [0.4, 0.5) is 10.1 Å². The number of anilines is 1. The summed E-state index contributed by atoms with van der Waals surface area (Å²) in [7, 11) is 0. The van der Waals surface area contributed by atoms with Crippen molar-refractivity contribution < 1.29 is 9.50 Å². The summed E-state index contributed by atoms with van der Waals surface area (Å²) < 4.78 is 15.7. The lowest BCUT2D eigenvalue weighted by atomic mass is 10.0. The van der Waals surface area contributed by atoms with Gasteiger partial charge in [-0.15, -0.1) is 0 Å². The number of rotatable bonds is 4. The van der Waals surface area contributed by atoms with Gasteiger partial charge in [-0.2, -0.15) is 5.10 Å². The van der Waals surface area contributed by atoms with Gasteiger partial charge in [-0.05, 0) is 40.5 Å². The van der Waals surface area contributed by atoms with Crippen molar-refractivity contribution in [2.45, 2.75) is 26.0 Å². The summed E-state index contributed by atoms with van der Waals surface area (Å²) in [6, 6.07) is 3.96. The molecular formula is C13H15BrFN3O. The molecule has 0 saturated carbocycles. The van der Waals surface area contributed by atoms with Gasteiger partial charge in [0.15, 0.2) is 0 Å². The van der Waals surface area contributed by atoms with Crippen LogP contribution in [-0.4, -0.2) is 14.9 Å². The van der Waals surface area contributed by atoms with Crippen LogP contribution in [0, 0.1) is 5.82 Å². The van der Waals surface area contributed by atoms with E-state index in [2.05, 4.69) is 21.0 Å². The van der Waals surface area contributed by atoms with Crippen LogP contribution in [0.1, 0.15) is 30.7 Å². The zero-order valence-corrected chi connectivity index (χ0v) is 12.1. The molecule has 3 N–H and O–H groups in total. The topological polar surface area (TPSA) is 64.1 Å². The molecule has 1 atom stereocenters. The van der Waals surface area contributed by atoms with E-state index in [1.54, 1.807) is 10.9 Å². The minimum absolute atomic E-state index is 0.346. The SMILES string of the molecule is CCCn1ncc(Br)c1C(O)c1cc(F)ccc1N. The summed E-state index contributed by atoms with van der Waals surface area (Å²) in [5, 5.41) is 14.6. The molecule has 4 nitrogen and oxygen atoms in total. The summed E-state index contributed by atoms with van der Waals surface area (Å²) in [4.78, 5) is 0. The molecule has 0 aliphatic rings. The molecule has 0 amide bonds. The first kappa shape index (κ1) is 14.0. The summed E-state index contributed by atoms with van der Waals surface area (Å²) >= 11 is 3.35. The van der Waals surface area contributed by atoms with Crippen molar-refractivity contribution in [2.75, 3.05) is 5.73 Å². The van der Waals surface area contributed by atoms with Gasteiger partial charge in [0.2, 0.25) is 0 Å². The second-order valence-electron chi connectivity index (χ2n) is 4.28. The fraction of sp³-hybridized carbons (Fsp3) is 0.308. The molecule has 2 rings (SSSR count). The first-order chi connectivity index (χ1) is 9.04. The molecule has 6 heteroatoms. The number of aromatic nitrogens is 2. The molecule has 1 aromatic carbocycles. The van der Waals surface area contributed by atoms with Gasteiger partial charge in [0.1, 0.15) is 11.9 Å². The Kier molecular flexibility index (Phi) is 4.21. The molecule has 102 valence electrons. The van der Waals surface area contributed by atoms with E-state index in [1.807, 2.05) is 6.92 Å². The molecular weight excluding hydrogens is 313 g/mol. The van der Waals surface area contributed by atoms with Gasteiger partial charge in [0, 0.05) is 17.8 Å². The Morgan fingerprint density at radius 3 is 2.95 bits per heavy atom. The molecule has 1 heterocycles. The molecule has 0 radical (unpaired) electrons. The molecule has 0 aliphatic heterocycles. The van der Waals surface area contributed by atoms with Crippen LogP contribution in [0.25, 0.3) is 0 Å². The van der Waals surface area contributed by atoms with E-state index in [0.717, 1.165) is 6.42 Å². The largest absolute Gasteiger partial charge is 0.398 e. The van der Waals surface area contributed by atoms with Gasteiger partial charge >= 0.3 is 0 Å². The smallest absolute Gasteiger partial charge is 0.124 e. The molecule has 1 aromatic heterocycles. The summed E-state index contributed by atoms with van der Waals surface area (Å²) in [5.41, 5.74) is 7.08. The lowest BCUT2D eigenvalue weighted by Crippen LogP contribution is -2.12. The zero-order valence-electron chi connectivity index (χ0n) is 10.5. The standard InChI is InChI=1S/C13H15BrFN3O/c1-2-5-18-12(10(14)7-17-18)13(19)9-6-8(15)3-4-11(9)16/h3-4,6-7,13,19H,2,5,16H2,1H3. The lowest BCUT2D eigenvalue weighted by Gasteiger charge is -2.16. The third kappa shape index (κ3) is 2.79. The number of hydrogen-bond donors (Lipinski definition) is 2. The van der Waals surface area contributed by atoms with E-state index in [1.165, 1.54) is 18.2 Å². The highest BCUT2D eigenvalue weighted by Gasteiger charge is 2.21. The Balaban J connectivity index is 2.46. The molecule has 0 fully saturated rings. The quantitative estimate of drug-likeness (QED) is 0.849. The van der Waals surface area contributed by atoms with Crippen molar-refractivity contribution in [2.24, 2.45) is 0 Å². The second-order valence-corrected chi connectivity index (χ2v) is 5.13. The van der Waals surface area contributed by atoms with E-state index in [4.69, 9.17) is 5.73 Å². The molecule has 0 aliphatic carbocycles. The van der Waals surface area contributed by atoms with Crippen molar-refractivity contribution in [3.63, 3.8) is 0 Å². The van der Waals surface area contributed by atoms with Crippen molar-refractivity contribution >= 4 is 21.6 Å². The van der Waals surface area contributed by atoms with Crippen LogP contribution < -0.4 is 5.73 Å². The predicted octanol–water partition coefficient (Wildman–Crippen LogP) is 2.86. The number of nitrogen functional groups attached to an aromatic ring is 1. The molecule has 0 bridgehead atoms. The van der Waals surface area contributed by atoms with Gasteiger partial charge in [0.05, 0.1) is 16.4 Å². The minimum Gasteiger partial charge on any atom is -0.398 e. The number of benzene rings is 1. The normalized spacial score (nSPS) is 12.6. The monoisotopic (exact) mass is 327 g/mol. The average molecular weight is 328 g/mol. The van der Waals surface area contributed by atoms with Gasteiger partial charge in [-0.3, -0.25) is 4.68 Å².